The molecule has 3 unspecified atom stereocenters. The van der Waals surface area contributed by atoms with Crippen LogP contribution in [0.25, 0.3) is 0 Å². The summed E-state index contributed by atoms with van der Waals surface area (Å²) in [5.74, 6) is -0.802. The molecule has 4 nitrogen and oxygen atoms in total. The van der Waals surface area contributed by atoms with Crippen molar-refractivity contribution in [1.82, 2.24) is 4.90 Å². The van der Waals surface area contributed by atoms with Gasteiger partial charge in [-0.1, -0.05) is 33.0 Å². The molecule has 0 aromatic rings. The third kappa shape index (κ3) is 2.17. The molecule has 1 aliphatic heterocycles. The summed E-state index contributed by atoms with van der Waals surface area (Å²) in [5.41, 5.74) is 5.46. The fraction of sp³-hybridized carbons (Fsp3) is 0.700. The first kappa shape index (κ1) is 12.1. The van der Waals surface area contributed by atoms with Gasteiger partial charge < -0.3 is 5.73 Å². The van der Waals surface area contributed by atoms with Crippen molar-refractivity contribution in [2.75, 3.05) is 6.54 Å². The molecular weight excluding hydrogens is 212 g/mol. The topological polar surface area (TPSA) is 63.4 Å². The van der Waals surface area contributed by atoms with E-state index in [9.17, 15) is 9.59 Å². The average molecular weight is 228 g/mol. The minimum absolute atomic E-state index is 0.115. The van der Waals surface area contributed by atoms with Crippen molar-refractivity contribution in [1.29, 1.82) is 0 Å². The minimum Gasteiger partial charge on any atom is -0.393 e. The minimum atomic E-state index is -0.226. The number of nitrogens with two attached hydrogens (primary N) is 1. The number of amides is 2. The van der Waals surface area contributed by atoms with E-state index in [1.807, 2.05) is 6.92 Å². The Morgan fingerprint density at radius 2 is 1.80 bits per heavy atom. The summed E-state index contributed by atoms with van der Waals surface area (Å²) in [6.45, 7) is 5.67. The molecule has 2 amide bonds. The predicted octanol–water partition coefficient (Wildman–Crippen LogP) is 0.550. The van der Waals surface area contributed by atoms with Gasteiger partial charge >= 0.3 is 0 Å². The van der Waals surface area contributed by atoms with E-state index in [0.29, 0.717) is 11.5 Å². The molecule has 1 saturated heterocycles. The second-order valence-corrected chi connectivity index (χ2v) is 4.64. The Kier molecular flexibility index (Phi) is 3.44. The van der Waals surface area contributed by atoms with Crippen LogP contribution in [-0.4, -0.2) is 28.2 Å². The van der Waals surface area contributed by atoms with E-state index in [1.165, 1.54) is 4.90 Å². The molecule has 0 radical (unpaired) electrons. The maximum atomic E-state index is 11.7. The second-order valence-electron chi connectivity index (χ2n) is 4.17. The number of thiocarbonyl (C=S) groups is 1. The summed E-state index contributed by atoms with van der Waals surface area (Å²) < 4.78 is 0. The molecule has 0 spiro atoms. The van der Waals surface area contributed by atoms with E-state index in [1.54, 1.807) is 13.8 Å². The highest BCUT2D eigenvalue weighted by atomic mass is 32.1. The summed E-state index contributed by atoms with van der Waals surface area (Å²) in [6.07, 6.45) is 0. The van der Waals surface area contributed by atoms with Crippen molar-refractivity contribution in [3.63, 3.8) is 0 Å². The van der Waals surface area contributed by atoms with Crippen LogP contribution in [0.3, 0.4) is 0 Å². The first-order chi connectivity index (χ1) is 6.86. The molecule has 0 aromatic heterocycles. The molecule has 1 fully saturated rings. The summed E-state index contributed by atoms with van der Waals surface area (Å²) in [7, 11) is 0. The Bertz CT molecular complexity index is 297. The van der Waals surface area contributed by atoms with Crippen LogP contribution in [0, 0.1) is 17.8 Å². The Morgan fingerprint density at radius 3 is 2.13 bits per heavy atom. The van der Waals surface area contributed by atoms with Crippen LogP contribution < -0.4 is 5.73 Å². The Morgan fingerprint density at radius 1 is 1.40 bits per heavy atom. The van der Waals surface area contributed by atoms with Gasteiger partial charge in [0, 0.05) is 24.3 Å². The summed E-state index contributed by atoms with van der Waals surface area (Å²) >= 11 is 4.82. The largest absolute Gasteiger partial charge is 0.393 e. The summed E-state index contributed by atoms with van der Waals surface area (Å²) in [5, 5.41) is 0. The fourth-order valence-corrected chi connectivity index (χ4v) is 1.65. The molecule has 0 saturated carbocycles. The van der Waals surface area contributed by atoms with Crippen LogP contribution in [0.4, 0.5) is 0 Å². The monoisotopic (exact) mass is 228 g/mol. The lowest BCUT2D eigenvalue weighted by Gasteiger charge is -2.18. The van der Waals surface area contributed by atoms with Crippen LogP contribution in [-0.2, 0) is 9.59 Å². The van der Waals surface area contributed by atoms with Crippen molar-refractivity contribution >= 4 is 29.0 Å². The van der Waals surface area contributed by atoms with Gasteiger partial charge in [0.15, 0.2) is 0 Å². The Hall–Kier alpha value is -0.970. The van der Waals surface area contributed by atoms with E-state index in [2.05, 4.69) is 0 Å². The molecule has 3 atom stereocenters. The maximum Gasteiger partial charge on any atom is 0.232 e. The highest BCUT2D eigenvalue weighted by Gasteiger charge is 2.42. The number of imide groups is 1. The first-order valence-electron chi connectivity index (χ1n) is 5.00. The number of carbonyl (C=O) groups excluding carboxylic acids is 2. The predicted molar refractivity (Wildman–Crippen MR) is 61.0 cm³/mol. The van der Waals surface area contributed by atoms with Crippen molar-refractivity contribution in [3.05, 3.63) is 0 Å². The SMILES string of the molecule is CC(CN1C(=O)C(C)C(C)C1=O)C(N)=S. The van der Waals surface area contributed by atoms with Crippen molar-refractivity contribution in [2.45, 2.75) is 20.8 Å². The average Bonchev–Trinajstić information content (AvgIpc) is 2.35. The van der Waals surface area contributed by atoms with Gasteiger partial charge in [0.05, 0.1) is 4.99 Å². The van der Waals surface area contributed by atoms with Gasteiger partial charge in [-0.25, -0.2) is 0 Å². The Labute approximate surface area is 94.8 Å². The molecule has 0 aromatic carbocycles. The van der Waals surface area contributed by atoms with Gasteiger partial charge in [0.25, 0.3) is 0 Å². The zero-order valence-corrected chi connectivity index (χ0v) is 10.0. The van der Waals surface area contributed by atoms with E-state index in [4.69, 9.17) is 18.0 Å². The lowest BCUT2D eigenvalue weighted by atomic mass is 10.00. The molecule has 1 heterocycles. The van der Waals surface area contributed by atoms with Crippen LogP contribution in [0.1, 0.15) is 20.8 Å². The number of carbonyl (C=O) groups is 2. The fourth-order valence-electron chi connectivity index (χ4n) is 1.57. The van der Waals surface area contributed by atoms with Gasteiger partial charge in [-0.15, -0.1) is 0 Å². The van der Waals surface area contributed by atoms with Gasteiger partial charge in [0.1, 0.15) is 0 Å². The smallest absolute Gasteiger partial charge is 0.232 e. The van der Waals surface area contributed by atoms with E-state index >= 15 is 0 Å². The number of hydrogen-bond donors (Lipinski definition) is 1. The quantitative estimate of drug-likeness (QED) is 0.566. The van der Waals surface area contributed by atoms with Gasteiger partial charge in [-0.3, -0.25) is 14.5 Å². The molecule has 1 aliphatic rings. The molecule has 2 N–H and O–H groups in total. The first-order valence-corrected chi connectivity index (χ1v) is 5.41. The highest BCUT2D eigenvalue weighted by molar-refractivity contribution is 7.80. The number of likely N-dealkylation sites (tertiary alicyclic amines) is 1. The molecule has 5 heteroatoms. The lowest BCUT2D eigenvalue weighted by Crippen LogP contribution is -2.38. The number of hydrogen-bond acceptors (Lipinski definition) is 3. The van der Waals surface area contributed by atoms with E-state index < -0.39 is 0 Å². The molecule has 1 rings (SSSR count). The zero-order valence-electron chi connectivity index (χ0n) is 9.19. The molecule has 0 aliphatic carbocycles. The van der Waals surface area contributed by atoms with Gasteiger partial charge in [-0.2, -0.15) is 0 Å². The van der Waals surface area contributed by atoms with Crippen LogP contribution in [0.5, 0.6) is 0 Å². The molecule has 0 bridgehead atoms. The van der Waals surface area contributed by atoms with E-state index in [0.717, 1.165) is 0 Å². The summed E-state index contributed by atoms with van der Waals surface area (Å²) in [6, 6.07) is 0. The highest BCUT2D eigenvalue weighted by Crippen LogP contribution is 2.25. The third-order valence-corrected chi connectivity index (χ3v) is 3.41. The van der Waals surface area contributed by atoms with E-state index in [-0.39, 0.29) is 29.6 Å². The van der Waals surface area contributed by atoms with Crippen molar-refractivity contribution in [3.8, 4) is 0 Å². The normalized spacial score (nSPS) is 28.3. The van der Waals surface area contributed by atoms with Gasteiger partial charge in [-0.05, 0) is 0 Å². The molecular formula is C10H16N2O2S. The molecule has 15 heavy (non-hydrogen) atoms. The van der Waals surface area contributed by atoms with Crippen LogP contribution in [0.15, 0.2) is 0 Å². The standard InChI is InChI=1S/C10H16N2O2S/c1-5(8(11)15)4-12-9(13)6(2)7(3)10(12)14/h5-7H,4H2,1-3H3,(H2,11,15). The third-order valence-electron chi connectivity index (χ3n) is 3.00. The summed E-state index contributed by atoms with van der Waals surface area (Å²) in [4.78, 5) is 25.0. The van der Waals surface area contributed by atoms with Crippen molar-refractivity contribution < 1.29 is 9.59 Å². The van der Waals surface area contributed by atoms with Crippen molar-refractivity contribution in [2.24, 2.45) is 23.5 Å². The number of nitrogens with zero attached hydrogens (tertiary/aromatic N) is 1. The zero-order chi connectivity index (χ0) is 11.7. The number of rotatable bonds is 3. The van der Waals surface area contributed by atoms with Gasteiger partial charge in [0.2, 0.25) is 11.8 Å². The molecule has 84 valence electrons. The van der Waals surface area contributed by atoms with Crippen LogP contribution >= 0.6 is 12.2 Å². The van der Waals surface area contributed by atoms with Crippen LogP contribution in [0.2, 0.25) is 0 Å². The second kappa shape index (κ2) is 4.26. The maximum absolute atomic E-state index is 11.7. The Balaban J connectivity index is 2.75. The lowest BCUT2D eigenvalue weighted by molar-refractivity contribution is -0.140.